The van der Waals surface area contributed by atoms with Gasteiger partial charge in [-0.2, -0.15) is 5.10 Å². The van der Waals surface area contributed by atoms with E-state index >= 15 is 0 Å². The van der Waals surface area contributed by atoms with Crippen LogP contribution in [-0.4, -0.2) is 65.9 Å². The molecule has 4 amide bonds. The number of carbonyl (C=O) groups is 3. The SMILES string of the molecule is Cc1ccnc(C2CC2C(=O)Nc2cc(N[C@H](C)c3cc4cc(C5CC5)cc(N5CC(=O)N(C)C5=O)n4n3)ncn2)n1. The maximum absolute atomic E-state index is 12.9. The van der Waals surface area contributed by atoms with Crippen LogP contribution in [0.3, 0.4) is 0 Å². The number of amides is 4. The molecule has 0 bridgehead atoms. The van der Waals surface area contributed by atoms with Gasteiger partial charge in [0.2, 0.25) is 5.91 Å². The van der Waals surface area contributed by atoms with Crippen LogP contribution in [0.15, 0.2) is 42.9 Å². The molecule has 214 valence electrons. The Bertz CT molecular complexity index is 1750. The number of urea groups is 1. The van der Waals surface area contributed by atoms with E-state index in [9.17, 15) is 14.4 Å². The van der Waals surface area contributed by atoms with E-state index in [2.05, 4.69) is 36.6 Å². The highest BCUT2D eigenvalue weighted by atomic mass is 16.2. The van der Waals surface area contributed by atoms with Crippen molar-refractivity contribution < 1.29 is 14.4 Å². The van der Waals surface area contributed by atoms with Crippen LogP contribution in [-0.2, 0) is 9.59 Å². The molecule has 3 aliphatic rings. The van der Waals surface area contributed by atoms with E-state index in [0.717, 1.165) is 40.2 Å². The molecular formula is C29H30N10O3. The molecule has 3 fully saturated rings. The topological polar surface area (TPSA) is 151 Å². The minimum atomic E-state index is -0.364. The molecule has 0 radical (unpaired) electrons. The molecule has 4 aromatic rings. The quantitative estimate of drug-likeness (QED) is 0.306. The summed E-state index contributed by atoms with van der Waals surface area (Å²) >= 11 is 0. The van der Waals surface area contributed by atoms with E-state index in [1.807, 2.05) is 32.0 Å². The number of aryl methyl sites for hydroxylation is 1. The minimum Gasteiger partial charge on any atom is -0.362 e. The van der Waals surface area contributed by atoms with Crippen LogP contribution in [0.1, 0.15) is 66.8 Å². The van der Waals surface area contributed by atoms with Gasteiger partial charge in [-0.3, -0.25) is 19.4 Å². The normalized spacial score (nSPS) is 20.7. The maximum Gasteiger partial charge on any atom is 0.332 e. The van der Waals surface area contributed by atoms with Crippen LogP contribution in [0, 0.1) is 12.8 Å². The van der Waals surface area contributed by atoms with Gasteiger partial charge in [0.25, 0.3) is 5.91 Å². The van der Waals surface area contributed by atoms with Crippen LogP contribution in [0.4, 0.5) is 22.2 Å². The lowest BCUT2D eigenvalue weighted by molar-refractivity contribution is -0.124. The monoisotopic (exact) mass is 566 g/mol. The number of hydrogen-bond acceptors (Lipinski definition) is 9. The van der Waals surface area contributed by atoms with Crippen molar-refractivity contribution in [2.45, 2.75) is 51.0 Å². The summed E-state index contributed by atoms with van der Waals surface area (Å²) in [4.78, 5) is 57.9. The number of aromatic nitrogens is 6. The molecule has 42 heavy (non-hydrogen) atoms. The largest absolute Gasteiger partial charge is 0.362 e. The highest BCUT2D eigenvalue weighted by Crippen LogP contribution is 2.46. The van der Waals surface area contributed by atoms with Crippen molar-refractivity contribution in [2.75, 3.05) is 29.1 Å². The first kappa shape index (κ1) is 26.0. The molecular weight excluding hydrogens is 536 g/mol. The fraction of sp³-hybridized carbons (Fsp3) is 0.379. The molecule has 13 nitrogen and oxygen atoms in total. The van der Waals surface area contributed by atoms with Crippen LogP contribution in [0.2, 0.25) is 0 Å². The van der Waals surface area contributed by atoms with Gasteiger partial charge in [0.1, 0.15) is 36.2 Å². The molecule has 4 aromatic heterocycles. The smallest absolute Gasteiger partial charge is 0.332 e. The summed E-state index contributed by atoms with van der Waals surface area (Å²) in [6, 6.07) is 8.95. The van der Waals surface area contributed by atoms with E-state index in [4.69, 9.17) is 5.10 Å². The zero-order chi connectivity index (χ0) is 29.1. The number of anilines is 3. The molecule has 2 N–H and O–H groups in total. The second-order valence-corrected chi connectivity index (χ2v) is 11.3. The molecule has 1 aliphatic heterocycles. The van der Waals surface area contributed by atoms with Crippen molar-refractivity contribution in [1.29, 1.82) is 0 Å². The lowest BCUT2D eigenvalue weighted by Gasteiger charge is -2.17. The van der Waals surface area contributed by atoms with Gasteiger partial charge in [0.15, 0.2) is 0 Å². The van der Waals surface area contributed by atoms with Gasteiger partial charge in [0.05, 0.1) is 17.3 Å². The van der Waals surface area contributed by atoms with E-state index in [1.54, 1.807) is 16.8 Å². The Balaban J connectivity index is 1.08. The third kappa shape index (κ3) is 4.80. The summed E-state index contributed by atoms with van der Waals surface area (Å²) in [5, 5.41) is 11.0. The Hall–Kier alpha value is -4.94. The highest BCUT2D eigenvalue weighted by Gasteiger charge is 2.46. The third-order valence-corrected chi connectivity index (χ3v) is 8.09. The molecule has 1 saturated heterocycles. The Labute approximate surface area is 241 Å². The summed E-state index contributed by atoms with van der Waals surface area (Å²) in [7, 11) is 1.49. The van der Waals surface area contributed by atoms with E-state index in [1.165, 1.54) is 18.3 Å². The highest BCUT2D eigenvalue weighted by molar-refractivity contribution is 6.11. The Kier molecular flexibility index (Phi) is 6.10. The van der Waals surface area contributed by atoms with Crippen LogP contribution >= 0.6 is 0 Å². The van der Waals surface area contributed by atoms with Crippen molar-refractivity contribution >= 4 is 40.8 Å². The molecule has 2 saturated carbocycles. The van der Waals surface area contributed by atoms with Crippen molar-refractivity contribution in [1.82, 2.24) is 34.4 Å². The number of likely N-dealkylation sites (N-methyl/N-ethyl adjacent to an activating group) is 1. The molecule has 5 heterocycles. The van der Waals surface area contributed by atoms with Gasteiger partial charge in [-0.1, -0.05) is 0 Å². The first-order valence-electron chi connectivity index (χ1n) is 14.1. The Morgan fingerprint density at radius 1 is 1.07 bits per heavy atom. The molecule has 7 rings (SSSR count). The van der Waals surface area contributed by atoms with Crippen molar-refractivity contribution in [3.05, 3.63) is 65.6 Å². The molecule has 0 aromatic carbocycles. The predicted octanol–water partition coefficient (Wildman–Crippen LogP) is 3.41. The second-order valence-electron chi connectivity index (χ2n) is 11.3. The third-order valence-electron chi connectivity index (χ3n) is 8.09. The molecule has 13 heteroatoms. The van der Waals surface area contributed by atoms with Crippen LogP contribution in [0.5, 0.6) is 0 Å². The summed E-state index contributed by atoms with van der Waals surface area (Å²) < 4.78 is 1.72. The van der Waals surface area contributed by atoms with Gasteiger partial charge < -0.3 is 10.6 Å². The molecule has 0 spiro atoms. The first-order valence-corrected chi connectivity index (χ1v) is 14.1. The molecule has 2 unspecified atom stereocenters. The summed E-state index contributed by atoms with van der Waals surface area (Å²) in [5.41, 5.74) is 3.60. The van der Waals surface area contributed by atoms with Gasteiger partial charge in [-0.05, 0) is 68.9 Å². The summed E-state index contributed by atoms with van der Waals surface area (Å²) in [6.45, 7) is 3.85. The van der Waals surface area contributed by atoms with Crippen LogP contribution in [0.25, 0.3) is 5.52 Å². The fourth-order valence-electron chi connectivity index (χ4n) is 5.39. The zero-order valence-corrected chi connectivity index (χ0v) is 23.5. The zero-order valence-electron chi connectivity index (χ0n) is 23.5. The lowest BCUT2D eigenvalue weighted by Crippen LogP contribution is -2.31. The van der Waals surface area contributed by atoms with E-state index in [-0.39, 0.29) is 42.3 Å². The number of carbonyl (C=O) groups excluding carboxylic acids is 3. The Morgan fingerprint density at radius 2 is 1.88 bits per heavy atom. The minimum absolute atomic E-state index is 0.0131. The van der Waals surface area contributed by atoms with E-state index in [0.29, 0.717) is 35.6 Å². The van der Waals surface area contributed by atoms with Crippen molar-refractivity contribution in [3.8, 4) is 0 Å². The van der Waals surface area contributed by atoms with Gasteiger partial charge in [0, 0.05) is 36.8 Å². The number of nitrogens with one attached hydrogen (secondary N) is 2. The van der Waals surface area contributed by atoms with E-state index < -0.39 is 0 Å². The number of pyridine rings is 1. The van der Waals surface area contributed by atoms with Gasteiger partial charge in [-0.15, -0.1) is 0 Å². The summed E-state index contributed by atoms with van der Waals surface area (Å²) in [6.07, 6.45) is 6.03. The van der Waals surface area contributed by atoms with Crippen LogP contribution < -0.4 is 15.5 Å². The second kappa shape index (κ2) is 9.86. The maximum atomic E-state index is 12.9. The number of hydrogen-bond donors (Lipinski definition) is 2. The molecule has 3 atom stereocenters. The average Bonchev–Trinajstić information content (AvgIpc) is 3.90. The predicted molar refractivity (Wildman–Crippen MR) is 153 cm³/mol. The fourth-order valence-corrected chi connectivity index (χ4v) is 5.39. The number of rotatable bonds is 8. The number of nitrogens with zero attached hydrogens (tertiary/aromatic N) is 8. The lowest BCUT2D eigenvalue weighted by atomic mass is 10.1. The molecule has 2 aliphatic carbocycles. The first-order chi connectivity index (χ1) is 20.2. The van der Waals surface area contributed by atoms with Crippen molar-refractivity contribution in [2.24, 2.45) is 5.92 Å². The van der Waals surface area contributed by atoms with Crippen molar-refractivity contribution in [3.63, 3.8) is 0 Å². The number of imide groups is 1. The number of fused-ring (bicyclic) bond motifs is 1. The standard InChI is InChI=1S/C29H30N10O3/c1-15-6-7-30-27(33-15)20-11-21(20)28(41)35-24-12-23(31-14-32-24)34-16(2)22-10-19-8-18(17-4-5-17)9-25(39(19)36-22)38-13-26(40)37(3)29(38)42/h6-10,12,14,16-17,20-21H,4-5,11,13H2,1-3H3,(H2,31,32,34,35,41)/t16-,20?,21?/m1/s1. The average molecular weight is 567 g/mol. The van der Waals surface area contributed by atoms with Gasteiger partial charge in [-0.25, -0.2) is 29.2 Å². The Morgan fingerprint density at radius 3 is 2.62 bits per heavy atom. The summed E-state index contributed by atoms with van der Waals surface area (Å²) in [5.74, 6) is 2.11. The van der Waals surface area contributed by atoms with Gasteiger partial charge >= 0.3 is 6.03 Å².